The molecule has 1 unspecified atom stereocenters. The fraction of sp³-hybridized carbons (Fsp3) is 0.500. The zero-order valence-corrected chi connectivity index (χ0v) is 11.9. The number of nitrogens with two attached hydrogens (primary N) is 1. The number of rotatable bonds is 7. The van der Waals surface area contributed by atoms with Crippen molar-refractivity contribution in [2.45, 2.75) is 30.7 Å². The molecule has 0 radical (unpaired) electrons. The predicted molar refractivity (Wildman–Crippen MR) is 73.5 cm³/mol. The Kier molecular flexibility index (Phi) is 5.59. The lowest BCUT2D eigenvalue weighted by Gasteiger charge is -2.15. The fourth-order valence-corrected chi connectivity index (χ4v) is 3.07. The number of methoxy groups -OCH3 is 1. The second-order valence-electron chi connectivity index (χ2n) is 4.29. The van der Waals surface area contributed by atoms with Gasteiger partial charge in [-0.25, -0.2) is 13.1 Å². The van der Waals surface area contributed by atoms with Gasteiger partial charge in [-0.2, -0.15) is 0 Å². The smallest absolute Gasteiger partial charge is 0.242 e. The van der Waals surface area contributed by atoms with Crippen molar-refractivity contribution in [3.8, 4) is 5.75 Å². The van der Waals surface area contributed by atoms with Crippen LogP contribution < -0.4 is 15.2 Å². The molecule has 0 spiro atoms. The van der Waals surface area contributed by atoms with Crippen molar-refractivity contribution in [2.24, 2.45) is 0 Å². The molecule has 0 fully saturated rings. The lowest BCUT2D eigenvalue weighted by molar-refractivity contribution is 0.279. The number of nitrogens with one attached hydrogen (secondary N) is 1. The van der Waals surface area contributed by atoms with Gasteiger partial charge in [0, 0.05) is 18.7 Å². The molecule has 1 atom stereocenters. The monoisotopic (exact) mass is 288 g/mol. The summed E-state index contributed by atoms with van der Waals surface area (Å²) in [6, 6.07) is 4.16. The lowest BCUT2D eigenvalue weighted by Crippen LogP contribution is -2.33. The lowest BCUT2D eigenvalue weighted by atomic mass is 10.2. The Hall–Kier alpha value is -1.31. The average Bonchev–Trinajstić information content (AvgIpc) is 2.35. The molecule has 0 aliphatic carbocycles. The van der Waals surface area contributed by atoms with Gasteiger partial charge in [0.05, 0.1) is 12.8 Å². The van der Waals surface area contributed by atoms with E-state index in [-0.39, 0.29) is 23.2 Å². The zero-order chi connectivity index (χ0) is 14.5. The molecule has 0 aromatic heterocycles. The van der Waals surface area contributed by atoms with Gasteiger partial charge in [-0.3, -0.25) is 0 Å². The van der Waals surface area contributed by atoms with E-state index in [1.807, 2.05) is 0 Å². The Labute approximate surface area is 113 Å². The first-order valence-electron chi connectivity index (χ1n) is 5.97. The van der Waals surface area contributed by atoms with Crippen LogP contribution in [0.2, 0.25) is 0 Å². The van der Waals surface area contributed by atoms with Gasteiger partial charge < -0.3 is 15.6 Å². The van der Waals surface area contributed by atoms with E-state index < -0.39 is 10.0 Å². The molecule has 0 aliphatic rings. The first-order chi connectivity index (χ1) is 8.90. The minimum atomic E-state index is -3.66. The van der Waals surface area contributed by atoms with Crippen molar-refractivity contribution < 1.29 is 18.3 Å². The van der Waals surface area contributed by atoms with Crippen molar-refractivity contribution in [1.29, 1.82) is 0 Å². The van der Waals surface area contributed by atoms with Crippen LogP contribution in [0.1, 0.15) is 19.8 Å². The molecule has 0 amide bonds. The Bertz CT molecular complexity index is 516. The number of ether oxygens (including phenoxy) is 1. The SMILES string of the molecule is COc1ccc(S(=O)(=O)NC(C)CCCO)c(N)c1. The molecular weight excluding hydrogens is 268 g/mol. The van der Waals surface area contributed by atoms with Crippen LogP contribution in [-0.2, 0) is 10.0 Å². The summed E-state index contributed by atoms with van der Waals surface area (Å²) < 4.78 is 31.8. The van der Waals surface area contributed by atoms with Gasteiger partial charge in [-0.15, -0.1) is 0 Å². The van der Waals surface area contributed by atoms with Crippen molar-refractivity contribution in [3.63, 3.8) is 0 Å². The Balaban J connectivity index is 2.88. The highest BCUT2D eigenvalue weighted by atomic mass is 32.2. The van der Waals surface area contributed by atoms with E-state index >= 15 is 0 Å². The van der Waals surface area contributed by atoms with E-state index in [0.29, 0.717) is 18.6 Å². The summed E-state index contributed by atoms with van der Waals surface area (Å²) in [5, 5.41) is 8.72. The number of aliphatic hydroxyl groups excluding tert-OH is 1. The zero-order valence-electron chi connectivity index (χ0n) is 11.1. The van der Waals surface area contributed by atoms with Gasteiger partial charge in [0.15, 0.2) is 0 Å². The van der Waals surface area contributed by atoms with Crippen molar-refractivity contribution in [2.75, 3.05) is 19.5 Å². The number of anilines is 1. The Morgan fingerprint density at radius 3 is 2.68 bits per heavy atom. The molecule has 7 heteroatoms. The molecule has 0 saturated heterocycles. The number of benzene rings is 1. The molecule has 1 aromatic carbocycles. The fourth-order valence-electron chi connectivity index (χ4n) is 1.68. The maximum atomic E-state index is 12.1. The molecule has 0 saturated carbocycles. The standard InChI is InChI=1S/C12H20N2O4S/c1-9(4-3-7-15)14-19(16,17)12-6-5-10(18-2)8-11(12)13/h5-6,8-9,14-15H,3-4,7,13H2,1-2H3. The van der Waals surface area contributed by atoms with Crippen molar-refractivity contribution in [3.05, 3.63) is 18.2 Å². The topological polar surface area (TPSA) is 102 Å². The van der Waals surface area contributed by atoms with Crippen molar-refractivity contribution in [1.82, 2.24) is 4.72 Å². The molecular formula is C12H20N2O4S. The molecule has 0 heterocycles. The second-order valence-corrected chi connectivity index (χ2v) is 5.97. The largest absolute Gasteiger partial charge is 0.497 e. The third-order valence-corrected chi connectivity index (χ3v) is 4.32. The molecule has 19 heavy (non-hydrogen) atoms. The van der Waals surface area contributed by atoms with E-state index in [1.54, 1.807) is 13.0 Å². The molecule has 0 aliphatic heterocycles. The third kappa shape index (κ3) is 4.38. The highest BCUT2D eigenvalue weighted by Crippen LogP contribution is 2.23. The van der Waals surface area contributed by atoms with E-state index in [2.05, 4.69) is 4.72 Å². The number of hydrogen-bond acceptors (Lipinski definition) is 5. The van der Waals surface area contributed by atoms with Gasteiger partial charge in [-0.05, 0) is 31.9 Å². The van der Waals surface area contributed by atoms with Gasteiger partial charge in [-0.1, -0.05) is 0 Å². The number of nitrogen functional groups attached to an aromatic ring is 1. The summed E-state index contributed by atoms with van der Waals surface area (Å²) in [4.78, 5) is 0.0316. The van der Waals surface area contributed by atoms with Gasteiger partial charge in [0.2, 0.25) is 10.0 Å². The quantitative estimate of drug-likeness (QED) is 0.642. The maximum Gasteiger partial charge on any atom is 0.242 e. The van der Waals surface area contributed by atoms with E-state index in [0.717, 1.165) is 0 Å². The highest BCUT2D eigenvalue weighted by Gasteiger charge is 2.20. The van der Waals surface area contributed by atoms with E-state index in [4.69, 9.17) is 15.6 Å². The minimum absolute atomic E-state index is 0.0316. The minimum Gasteiger partial charge on any atom is -0.497 e. The van der Waals surface area contributed by atoms with Crippen LogP contribution in [0.5, 0.6) is 5.75 Å². The third-order valence-electron chi connectivity index (χ3n) is 2.66. The molecule has 0 bridgehead atoms. The predicted octanol–water partition coefficient (Wildman–Crippen LogP) is 0.717. The maximum absolute atomic E-state index is 12.1. The van der Waals surface area contributed by atoms with E-state index in [9.17, 15) is 8.42 Å². The average molecular weight is 288 g/mol. The molecule has 1 aromatic rings. The number of sulfonamides is 1. The van der Waals surface area contributed by atoms with Gasteiger partial charge in [0.1, 0.15) is 10.6 Å². The second kappa shape index (κ2) is 6.74. The molecule has 6 nitrogen and oxygen atoms in total. The van der Waals surface area contributed by atoms with Crippen LogP contribution >= 0.6 is 0 Å². The summed E-state index contributed by atoms with van der Waals surface area (Å²) in [5.41, 5.74) is 5.86. The summed E-state index contributed by atoms with van der Waals surface area (Å²) >= 11 is 0. The molecule has 4 N–H and O–H groups in total. The summed E-state index contributed by atoms with van der Waals surface area (Å²) in [6.07, 6.45) is 1.10. The molecule has 1 rings (SSSR count). The van der Waals surface area contributed by atoms with Crippen LogP contribution in [0, 0.1) is 0 Å². The first kappa shape index (κ1) is 15.7. The number of hydrogen-bond donors (Lipinski definition) is 3. The number of aliphatic hydroxyl groups is 1. The van der Waals surface area contributed by atoms with Crippen LogP contribution in [-0.4, -0.2) is 33.3 Å². The van der Waals surface area contributed by atoms with Gasteiger partial charge >= 0.3 is 0 Å². The van der Waals surface area contributed by atoms with E-state index in [1.165, 1.54) is 19.2 Å². The summed E-state index contributed by atoms with van der Waals surface area (Å²) in [5.74, 6) is 0.504. The van der Waals surface area contributed by atoms with Crippen LogP contribution in [0.3, 0.4) is 0 Å². The van der Waals surface area contributed by atoms with Crippen LogP contribution in [0.4, 0.5) is 5.69 Å². The van der Waals surface area contributed by atoms with Gasteiger partial charge in [0.25, 0.3) is 0 Å². The van der Waals surface area contributed by atoms with Crippen molar-refractivity contribution >= 4 is 15.7 Å². The normalized spacial score (nSPS) is 13.2. The highest BCUT2D eigenvalue weighted by molar-refractivity contribution is 7.89. The first-order valence-corrected chi connectivity index (χ1v) is 7.45. The Morgan fingerprint density at radius 1 is 1.47 bits per heavy atom. The summed E-state index contributed by atoms with van der Waals surface area (Å²) in [7, 11) is -2.17. The van der Waals surface area contributed by atoms with Crippen LogP contribution in [0.15, 0.2) is 23.1 Å². The molecule has 108 valence electrons. The summed E-state index contributed by atoms with van der Waals surface area (Å²) in [6.45, 7) is 1.78. The van der Waals surface area contributed by atoms with Crippen LogP contribution in [0.25, 0.3) is 0 Å². The Morgan fingerprint density at radius 2 is 2.16 bits per heavy atom.